The minimum Gasteiger partial charge on any atom is -0.508 e. The molecule has 0 aliphatic carbocycles. The highest BCUT2D eigenvalue weighted by molar-refractivity contribution is 5.73. The van der Waals surface area contributed by atoms with Crippen LogP contribution in [0.5, 0.6) is 5.75 Å². The summed E-state index contributed by atoms with van der Waals surface area (Å²) >= 11 is 0. The minimum atomic E-state index is -0.860. The normalized spacial score (nSPS) is 12.9. The first-order valence-corrected chi connectivity index (χ1v) is 4.29. The second kappa shape index (κ2) is 4.46. The summed E-state index contributed by atoms with van der Waals surface area (Å²) < 4.78 is 0. The van der Waals surface area contributed by atoms with Crippen molar-refractivity contribution in [2.45, 2.75) is 6.92 Å². The number of rotatable bonds is 3. The highest BCUT2D eigenvalue weighted by Gasteiger charge is 2.04. The molecule has 74 valence electrons. The van der Waals surface area contributed by atoms with Crippen LogP contribution in [0.25, 0.3) is 6.08 Å². The van der Waals surface area contributed by atoms with E-state index in [0.29, 0.717) is 0 Å². The number of aromatic hydroxyl groups is 1. The van der Waals surface area contributed by atoms with E-state index >= 15 is 0 Å². The van der Waals surface area contributed by atoms with Gasteiger partial charge in [0.05, 0.1) is 5.92 Å². The summed E-state index contributed by atoms with van der Waals surface area (Å²) in [7, 11) is 0. The topological polar surface area (TPSA) is 57.5 Å². The number of hydrogen-bond donors (Lipinski definition) is 2. The number of benzene rings is 1. The van der Waals surface area contributed by atoms with Gasteiger partial charge in [-0.1, -0.05) is 24.3 Å². The van der Waals surface area contributed by atoms with E-state index in [2.05, 4.69) is 0 Å². The number of carboxylic acids is 1. The van der Waals surface area contributed by atoms with Crippen molar-refractivity contribution >= 4 is 12.0 Å². The van der Waals surface area contributed by atoms with E-state index in [4.69, 9.17) is 10.2 Å². The SMILES string of the molecule is CC(/C=C/c1cccc(O)c1)C(=O)O. The molecule has 0 radical (unpaired) electrons. The predicted molar refractivity (Wildman–Crippen MR) is 53.9 cm³/mol. The average molecular weight is 192 g/mol. The third kappa shape index (κ3) is 2.94. The van der Waals surface area contributed by atoms with Crippen LogP contribution in [-0.4, -0.2) is 16.2 Å². The zero-order chi connectivity index (χ0) is 10.6. The third-order valence-electron chi connectivity index (χ3n) is 1.84. The summed E-state index contributed by atoms with van der Waals surface area (Å²) in [6, 6.07) is 6.65. The van der Waals surface area contributed by atoms with Gasteiger partial charge in [-0.05, 0) is 24.6 Å². The number of phenolic OH excluding ortho intramolecular Hbond substituents is 1. The highest BCUT2D eigenvalue weighted by atomic mass is 16.4. The van der Waals surface area contributed by atoms with Crippen LogP contribution in [0.4, 0.5) is 0 Å². The average Bonchev–Trinajstić information content (AvgIpc) is 2.14. The Hall–Kier alpha value is -1.77. The quantitative estimate of drug-likeness (QED) is 0.771. The monoisotopic (exact) mass is 192 g/mol. The summed E-state index contributed by atoms with van der Waals surface area (Å²) in [5.74, 6) is -1.20. The first-order valence-electron chi connectivity index (χ1n) is 4.29. The molecule has 1 aromatic carbocycles. The van der Waals surface area contributed by atoms with Gasteiger partial charge in [-0.3, -0.25) is 4.79 Å². The second-order valence-electron chi connectivity index (χ2n) is 3.08. The third-order valence-corrected chi connectivity index (χ3v) is 1.84. The maximum Gasteiger partial charge on any atom is 0.310 e. The van der Waals surface area contributed by atoms with E-state index in [1.165, 1.54) is 0 Å². The van der Waals surface area contributed by atoms with Crippen molar-refractivity contribution in [1.82, 2.24) is 0 Å². The van der Waals surface area contributed by atoms with Crippen LogP contribution in [0.2, 0.25) is 0 Å². The molecular formula is C11H12O3. The zero-order valence-electron chi connectivity index (χ0n) is 7.84. The van der Waals surface area contributed by atoms with Crippen LogP contribution in [0.15, 0.2) is 30.3 Å². The van der Waals surface area contributed by atoms with Crippen molar-refractivity contribution in [3.63, 3.8) is 0 Å². The molecule has 0 amide bonds. The minimum absolute atomic E-state index is 0.176. The Labute approximate surface area is 82.3 Å². The van der Waals surface area contributed by atoms with Crippen molar-refractivity contribution in [3.8, 4) is 5.75 Å². The number of hydrogen-bond acceptors (Lipinski definition) is 2. The maximum absolute atomic E-state index is 10.5. The molecule has 3 heteroatoms. The lowest BCUT2D eigenvalue weighted by Gasteiger charge is -1.98. The van der Waals surface area contributed by atoms with Crippen molar-refractivity contribution < 1.29 is 15.0 Å². The fourth-order valence-electron chi connectivity index (χ4n) is 0.966. The van der Waals surface area contributed by atoms with Crippen molar-refractivity contribution in [2.75, 3.05) is 0 Å². The Morgan fingerprint density at radius 1 is 1.50 bits per heavy atom. The second-order valence-corrected chi connectivity index (χ2v) is 3.08. The molecule has 0 aromatic heterocycles. The molecule has 2 N–H and O–H groups in total. The fraction of sp³-hybridized carbons (Fsp3) is 0.182. The van der Waals surface area contributed by atoms with Gasteiger partial charge in [0, 0.05) is 0 Å². The molecule has 1 unspecified atom stereocenters. The van der Waals surface area contributed by atoms with E-state index in [0.717, 1.165) is 5.56 Å². The molecule has 1 atom stereocenters. The lowest BCUT2D eigenvalue weighted by atomic mass is 10.1. The van der Waals surface area contributed by atoms with Gasteiger partial charge in [0.25, 0.3) is 0 Å². The maximum atomic E-state index is 10.5. The van der Waals surface area contributed by atoms with Gasteiger partial charge in [0.2, 0.25) is 0 Å². The van der Waals surface area contributed by atoms with Crippen LogP contribution in [-0.2, 0) is 4.79 Å². The Bertz CT molecular complexity index is 355. The van der Waals surface area contributed by atoms with Gasteiger partial charge >= 0.3 is 5.97 Å². The molecule has 0 spiro atoms. The van der Waals surface area contributed by atoms with Crippen molar-refractivity contribution in [3.05, 3.63) is 35.9 Å². The number of aliphatic carboxylic acids is 1. The van der Waals surface area contributed by atoms with Gasteiger partial charge in [0.15, 0.2) is 0 Å². The van der Waals surface area contributed by atoms with Crippen LogP contribution < -0.4 is 0 Å². The standard InChI is InChI=1S/C11H12O3/c1-8(11(13)14)5-6-9-3-2-4-10(12)7-9/h2-8,12H,1H3,(H,13,14)/b6-5+. The molecule has 0 aliphatic rings. The molecule has 0 saturated carbocycles. The van der Waals surface area contributed by atoms with E-state index in [1.54, 1.807) is 43.3 Å². The van der Waals surface area contributed by atoms with E-state index in [1.807, 2.05) is 0 Å². The molecule has 0 bridgehead atoms. The van der Waals surface area contributed by atoms with Gasteiger partial charge in [-0.25, -0.2) is 0 Å². The molecule has 14 heavy (non-hydrogen) atoms. The van der Waals surface area contributed by atoms with E-state index in [-0.39, 0.29) is 5.75 Å². The van der Waals surface area contributed by atoms with E-state index < -0.39 is 11.9 Å². The zero-order valence-corrected chi connectivity index (χ0v) is 7.84. The molecule has 1 rings (SSSR count). The number of carbonyl (C=O) groups is 1. The number of phenols is 1. The Kier molecular flexibility index (Phi) is 3.29. The van der Waals surface area contributed by atoms with Gasteiger partial charge in [-0.15, -0.1) is 0 Å². The molecular weight excluding hydrogens is 180 g/mol. The smallest absolute Gasteiger partial charge is 0.310 e. The summed E-state index contributed by atoms with van der Waals surface area (Å²) in [6.07, 6.45) is 3.26. The summed E-state index contributed by atoms with van der Waals surface area (Å²) in [4.78, 5) is 10.5. The lowest BCUT2D eigenvalue weighted by Crippen LogP contribution is -2.05. The fourth-order valence-corrected chi connectivity index (χ4v) is 0.966. The Balaban J connectivity index is 2.73. The van der Waals surface area contributed by atoms with Crippen LogP contribution in [0, 0.1) is 5.92 Å². The van der Waals surface area contributed by atoms with Crippen molar-refractivity contribution in [2.24, 2.45) is 5.92 Å². The molecule has 0 heterocycles. The van der Waals surface area contributed by atoms with Crippen LogP contribution >= 0.6 is 0 Å². The van der Waals surface area contributed by atoms with Gasteiger partial charge < -0.3 is 10.2 Å². The summed E-state index contributed by atoms with van der Waals surface area (Å²) in [5.41, 5.74) is 0.790. The molecule has 3 nitrogen and oxygen atoms in total. The Morgan fingerprint density at radius 2 is 2.21 bits per heavy atom. The van der Waals surface area contributed by atoms with Crippen LogP contribution in [0.3, 0.4) is 0 Å². The molecule has 1 aromatic rings. The first-order chi connectivity index (χ1) is 6.59. The largest absolute Gasteiger partial charge is 0.508 e. The summed E-state index contributed by atoms with van der Waals surface area (Å²) in [5, 5.41) is 17.8. The van der Waals surface area contributed by atoms with Gasteiger partial charge in [-0.2, -0.15) is 0 Å². The summed E-state index contributed by atoms with van der Waals surface area (Å²) in [6.45, 7) is 1.60. The van der Waals surface area contributed by atoms with Gasteiger partial charge in [0.1, 0.15) is 5.75 Å². The number of carboxylic acid groups (broad SMARTS) is 1. The predicted octanol–water partition coefficient (Wildman–Crippen LogP) is 2.13. The van der Waals surface area contributed by atoms with E-state index in [9.17, 15) is 4.79 Å². The van der Waals surface area contributed by atoms with Crippen LogP contribution in [0.1, 0.15) is 12.5 Å². The Morgan fingerprint density at radius 3 is 2.79 bits per heavy atom. The molecule has 0 fully saturated rings. The molecule has 0 saturated heterocycles. The lowest BCUT2D eigenvalue weighted by molar-refractivity contribution is -0.139. The highest BCUT2D eigenvalue weighted by Crippen LogP contribution is 2.13. The first kappa shape index (κ1) is 10.3. The molecule has 0 aliphatic heterocycles. The van der Waals surface area contributed by atoms with Crippen molar-refractivity contribution in [1.29, 1.82) is 0 Å².